The lowest BCUT2D eigenvalue weighted by Crippen LogP contribution is -2.56. The lowest BCUT2D eigenvalue weighted by atomic mass is 10.0. The Balaban J connectivity index is 1.45. The molecule has 46 heavy (non-hydrogen) atoms. The van der Waals surface area contributed by atoms with E-state index in [-0.39, 0.29) is 25.5 Å². The van der Waals surface area contributed by atoms with Gasteiger partial charge in [0.05, 0.1) is 24.2 Å². The van der Waals surface area contributed by atoms with Crippen molar-refractivity contribution >= 4 is 34.9 Å². The van der Waals surface area contributed by atoms with Gasteiger partial charge in [0, 0.05) is 12.3 Å². The number of ether oxygens (including phenoxy) is 3. The lowest BCUT2D eigenvalue weighted by molar-refractivity contribution is -0.150. The fourth-order valence-electron chi connectivity index (χ4n) is 6.18. The first-order valence-corrected chi connectivity index (χ1v) is 16.3. The predicted molar refractivity (Wildman–Crippen MR) is 170 cm³/mol. The van der Waals surface area contributed by atoms with E-state index in [0.29, 0.717) is 36.4 Å². The van der Waals surface area contributed by atoms with E-state index < -0.39 is 53.2 Å². The van der Waals surface area contributed by atoms with Gasteiger partial charge in [0.2, 0.25) is 17.7 Å². The second-order valence-electron chi connectivity index (χ2n) is 13.3. The highest BCUT2D eigenvalue weighted by molar-refractivity contribution is 5.96. The van der Waals surface area contributed by atoms with Gasteiger partial charge in [-0.15, -0.1) is 0 Å². The number of fused-ring (bicyclic) bond motifs is 3. The molecule has 2 N–H and O–H groups in total. The Morgan fingerprint density at radius 1 is 1.11 bits per heavy atom. The van der Waals surface area contributed by atoms with Gasteiger partial charge in [-0.05, 0) is 72.4 Å². The van der Waals surface area contributed by atoms with Crippen LogP contribution in [0.2, 0.25) is 0 Å². The topological polar surface area (TPSA) is 149 Å². The molecule has 1 saturated heterocycles. The number of hydrogen-bond acceptors (Lipinski definition) is 9. The van der Waals surface area contributed by atoms with Crippen LogP contribution in [0.25, 0.3) is 11.0 Å². The molecule has 248 valence electrons. The molecule has 2 fully saturated rings. The zero-order valence-corrected chi connectivity index (χ0v) is 27.3. The van der Waals surface area contributed by atoms with E-state index in [2.05, 4.69) is 20.6 Å². The van der Waals surface area contributed by atoms with Crippen LogP contribution in [0.15, 0.2) is 36.4 Å². The highest BCUT2D eigenvalue weighted by atomic mass is 16.6. The number of carbonyl (C=O) groups excluding carboxylic acids is 4. The van der Waals surface area contributed by atoms with E-state index in [4.69, 9.17) is 14.2 Å². The third-order valence-electron chi connectivity index (χ3n) is 8.55. The highest BCUT2D eigenvalue weighted by Gasteiger charge is 2.62. The van der Waals surface area contributed by atoms with Crippen LogP contribution in [0.4, 0.5) is 4.79 Å². The van der Waals surface area contributed by atoms with Crippen molar-refractivity contribution in [2.45, 2.75) is 109 Å². The number of nitrogens with one attached hydrogen (secondary N) is 2. The maximum Gasteiger partial charge on any atom is 0.408 e. The molecule has 1 aromatic carbocycles. The number of aromatic nitrogens is 2. The number of alkyl carbamates (subject to hydrolysis) is 1. The smallest absolute Gasteiger partial charge is 0.408 e. The molecule has 2 aliphatic heterocycles. The number of para-hydroxylation sites is 2. The molecule has 1 aliphatic carbocycles. The number of allylic oxidation sites excluding steroid dienone is 1. The summed E-state index contributed by atoms with van der Waals surface area (Å²) in [6.07, 6.45) is 6.88. The lowest BCUT2D eigenvalue weighted by Gasteiger charge is -2.30. The Hall–Kier alpha value is -4.22. The van der Waals surface area contributed by atoms with Crippen molar-refractivity contribution in [3.8, 4) is 5.88 Å². The van der Waals surface area contributed by atoms with Gasteiger partial charge < -0.3 is 29.7 Å². The molecular formula is C34H45N5O7. The summed E-state index contributed by atoms with van der Waals surface area (Å²) in [5.74, 6) is -1.26. The van der Waals surface area contributed by atoms with Crippen molar-refractivity contribution in [1.82, 2.24) is 25.5 Å². The summed E-state index contributed by atoms with van der Waals surface area (Å²) >= 11 is 0. The maximum atomic E-state index is 14.2. The Labute approximate surface area is 269 Å². The third kappa shape index (κ3) is 7.59. The molecule has 3 amide bonds. The van der Waals surface area contributed by atoms with Crippen LogP contribution in [0, 0.1) is 12.8 Å². The second kappa shape index (κ2) is 13.6. The first-order valence-electron chi connectivity index (χ1n) is 16.3. The van der Waals surface area contributed by atoms with Gasteiger partial charge >= 0.3 is 12.1 Å². The molecule has 3 heterocycles. The standard InChI is InChI=1S/C34H45N5O7/c1-6-44-31(42)34-19-22(34)14-10-8-7-9-11-17-26(37-32(43)46-33(3,4)5)30(41)39-20-23(18-27(39)28(40)38-34)45-29-21(2)35-24-15-12-13-16-25(24)36-29/h10,12-16,22-23,26-27H,6-9,11,17-20H2,1-5H3,(H,37,43)(H,38,40)/b14-10-/t22-,23-,26+,27+,34?/m1/s1. The van der Waals surface area contributed by atoms with Gasteiger partial charge in [0.15, 0.2) is 0 Å². The minimum atomic E-state index is -1.19. The van der Waals surface area contributed by atoms with Crippen molar-refractivity contribution in [2.24, 2.45) is 5.92 Å². The van der Waals surface area contributed by atoms with Gasteiger partial charge in [-0.2, -0.15) is 0 Å². The normalized spacial score (nSPS) is 27.7. The summed E-state index contributed by atoms with van der Waals surface area (Å²) in [6.45, 7) is 9.04. The summed E-state index contributed by atoms with van der Waals surface area (Å²) in [5, 5.41) is 5.73. The summed E-state index contributed by atoms with van der Waals surface area (Å²) < 4.78 is 17.2. The Kier molecular flexibility index (Phi) is 9.83. The zero-order valence-electron chi connectivity index (χ0n) is 27.3. The quantitative estimate of drug-likeness (QED) is 0.365. The van der Waals surface area contributed by atoms with E-state index in [9.17, 15) is 19.2 Å². The average Bonchev–Trinajstić information content (AvgIpc) is 3.52. The number of aryl methyl sites for hydroxylation is 1. The maximum absolute atomic E-state index is 14.2. The summed E-state index contributed by atoms with van der Waals surface area (Å²) in [6, 6.07) is 5.57. The summed E-state index contributed by atoms with van der Waals surface area (Å²) in [4.78, 5) is 65.0. The predicted octanol–water partition coefficient (Wildman–Crippen LogP) is 4.14. The van der Waals surface area contributed by atoms with E-state index in [1.165, 1.54) is 4.90 Å². The molecule has 1 saturated carbocycles. The van der Waals surface area contributed by atoms with Crippen LogP contribution in [-0.4, -0.2) is 81.2 Å². The Bertz CT molecular complexity index is 1500. The molecule has 5 atom stereocenters. The van der Waals surface area contributed by atoms with Gasteiger partial charge in [-0.3, -0.25) is 9.59 Å². The average molecular weight is 636 g/mol. The van der Waals surface area contributed by atoms with Crippen molar-refractivity contribution in [3.63, 3.8) is 0 Å². The number of esters is 1. The fourth-order valence-corrected chi connectivity index (χ4v) is 6.18. The zero-order chi connectivity index (χ0) is 33.1. The second-order valence-corrected chi connectivity index (χ2v) is 13.3. The van der Waals surface area contributed by atoms with Crippen molar-refractivity contribution < 1.29 is 33.4 Å². The number of amides is 3. The number of benzene rings is 1. The van der Waals surface area contributed by atoms with Gasteiger partial charge in [-0.25, -0.2) is 19.6 Å². The monoisotopic (exact) mass is 635 g/mol. The molecule has 1 aromatic heterocycles. The molecule has 1 unspecified atom stereocenters. The first kappa shape index (κ1) is 33.2. The summed E-state index contributed by atoms with van der Waals surface area (Å²) in [5.41, 5.74) is 0.0311. The van der Waals surface area contributed by atoms with Crippen LogP contribution in [0.1, 0.15) is 78.3 Å². The molecule has 2 aromatic rings. The first-order chi connectivity index (χ1) is 21.9. The molecule has 3 aliphatic rings. The highest BCUT2D eigenvalue weighted by Crippen LogP contribution is 2.46. The van der Waals surface area contributed by atoms with Crippen LogP contribution in [-0.2, 0) is 23.9 Å². The molecular weight excluding hydrogens is 590 g/mol. The molecule has 5 rings (SSSR count). The molecule has 0 spiro atoms. The molecule has 12 nitrogen and oxygen atoms in total. The van der Waals surface area contributed by atoms with Crippen LogP contribution < -0.4 is 15.4 Å². The van der Waals surface area contributed by atoms with Crippen molar-refractivity contribution in [2.75, 3.05) is 13.2 Å². The molecule has 0 radical (unpaired) electrons. The Morgan fingerprint density at radius 2 is 1.85 bits per heavy atom. The van der Waals surface area contributed by atoms with E-state index in [1.54, 1.807) is 34.6 Å². The minimum Gasteiger partial charge on any atom is -0.471 e. The number of hydrogen-bond donors (Lipinski definition) is 2. The number of carbonyl (C=O) groups is 4. The largest absolute Gasteiger partial charge is 0.471 e. The molecule has 0 bridgehead atoms. The Morgan fingerprint density at radius 3 is 2.57 bits per heavy atom. The number of rotatable bonds is 5. The van der Waals surface area contributed by atoms with Gasteiger partial charge in [-0.1, -0.05) is 37.1 Å². The van der Waals surface area contributed by atoms with Crippen molar-refractivity contribution in [1.29, 1.82) is 0 Å². The third-order valence-corrected chi connectivity index (χ3v) is 8.55. The molecule has 12 heteroatoms. The van der Waals surface area contributed by atoms with Gasteiger partial charge in [0.25, 0.3) is 0 Å². The van der Waals surface area contributed by atoms with Crippen LogP contribution in [0.3, 0.4) is 0 Å². The summed E-state index contributed by atoms with van der Waals surface area (Å²) in [7, 11) is 0. The van der Waals surface area contributed by atoms with E-state index >= 15 is 0 Å². The minimum absolute atomic E-state index is 0.0765. The fraction of sp³-hybridized carbons (Fsp3) is 0.588. The van der Waals surface area contributed by atoms with Gasteiger partial charge in [0.1, 0.15) is 35.0 Å². The van der Waals surface area contributed by atoms with E-state index in [0.717, 1.165) is 24.8 Å². The van der Waals surface area contributed by atoms with E-state index in [1.807, 2.05) is 36.4 Å². The number of nitrogens with zero attached hydrogens (tertiary/aromatic N) is 3. The van der Waals surface area contributed by atoms with Crippen LogP contribution >= 0.6 is 0 Å². The van der Waals surface area contributed by atoms with Crippen LogP contribution in [0.5, 0.6) is 5.88 Å². The van der Waals surface area contributed by atoms with Crippen molar-refractivity contribution in [3.05, 3.63) is 42.1 Å². The SMILES string of the molecule is CCOC(=O)C12C[C@H]1/C=C\CCCCC[C@H](NC(=O)OC(C)(C)C)C(=O)N1C[C@H](Oc3nc4ccccc4nc3C)C[C@H]1C(=O)N2.